The smallest absolute Gasteiger partial charge is 0.0568 e. The fourth-order valence-corrected chi connectivity index (χ4v) is 1.65. The second kappa shape index (κ2) is 4.94. The van der Waals surface area contributed by atoms with Crippen molar-refractivity contribution in [2.24, 2.45) is 7.05 Å². The molecule has 84 valence electrons. The van der Waals surface area contributed by atoms with Crippen molar-refractivity contribution < 1.29 is 0 Å². The van der Waals surface area contributed by atoms with E-state index < -0.39 is 0 Å². The zero-order valence-electron chi connectivity index (χ0n) is 9.77. The lowest BCUT2D eigenvalue weighted by atomic mass is 10.1. The topological polar surface area (TPSA) is 29.9 Å². The van der Waals surface area contributed by atoms with Crippen molar-refractivity contribution >= 4 is 0 Å². The Bertz CT molecular complexity index is 442. The van der Waals surface area contributed by atoms with E-state index in [1.54, 1.807) is 0 Å². The van der Waals surface area contributed by atoms with E-state index in [4.69, 9.17) is 0 Å². The van der Waals surface area contributed by atoms with Crippen LogP contribution in [-0.2, 0) is 13.6 Å². The molecule has 0 unspecified atom stereocenters. The molecular formula is C13H17N3. The molecule has 0 amide bonds. The molecule has 0 aliphatic rings. The molecule has 1 heterocycles. The minimum atomic E-state index is 0.934. The minimum Gasteiger partial charge on any atom is -0.313 e. The van der Waals surface area contributed by atoms with Crippen molar-refractivity contribution in [3.63, 3.8) is 0 Å². The first-order chi connectivity index (χ1) is 7.79. The fourth-order valence-electron chi connectivity index (χ4n) is 1.65. The van der Waals surface area contributed by atoms with E-state index in [1.807, 2.05) is 24.1 Å². The quantitative estimate of drug-likeness (QED) is 0.847. The van der Waals surface area contributed by atoms with Crippen LogP contribution in [0.4, 0.5) is 0 Å². The van der Waals surface area contributed by atoms with Crippen molar-refractivity contribution in [2.45, 2.75) is 13.5 Å². The number of aromatic nitrogens is 2. The first kappa shape index (κ1) is 10.9. The van der Waals surface area contributed by atoms with Crippen molar-refractivity contribution in [3.05, 3.63) is 42.2 Å². The SMILES string of the molecule is CCNCc1ccc(-c2cnn(C)c2)cc1. The van der Waals surface area contributed by atoms with Gasteiger partial charge in [-0.05, 0) is 17.7 Å². The maximum absolute atomic E-state index is 4.17. The Morgan fingerprint density at radius 1 is 1.19 bits per heavy atom. The normalized spacial score (nSPS) is 10.6. The lowest BCUT2D eigenvalue weighted by Crippen LogP contribution is -2.11. The molecule has 0 saturated carbocycles. The monoisotopic (exact) mass is 215 g/mol. The van der Waals surface area contributed by atoms with E-state index in [2.05, 4.69) is 41.6 Å². The van der Waals surface area contributed by atoms with E-state index in [0.717, 1.165) is 18.7 Å². The molecule has 1 aromatic heterocycles. The van der Waals surface area contributed by atoms with Gasteiger partial charge in [-0.15, -0.1) is 0 Å². The Labute approximate surface area is 96.1 Å². The van der Waals surface area contributed by atoms with E-state index in [1.165, 1.54) is 11.1 Å². The molecule has 16 heavy (non-hydrogen) atoms. The highest BCUT2D eigenvalue weighted by atomic mass is 15.2. The van der Waals surface area contributed by atoms with Gasteiger partial charge in [0, 0.05) is 25.4 Å². The maximum Gasteiger partial charge on any atom is 0.0568 e. The molecule has 0 aliphatic heterocycles. The number of rotatable bonds is 4. The standard InChI is InChI=1S/C13H17N3/c1-3-14-8-11-4-6-12(7-5-11)13-9-15-16(2)10-13/h4-7,9-10,14H,3,8H2,1-2H3. The average Bonchev–Trinajstić information content (AvgIpc) is 2.74. The predicted octanol–water partition coefficient (Wildman–Crippen LogP) is 2.20. The summed E-state index contributed by atoms with van der Waals surface area (Å²) in [7, 11) is 1.93. The van der Waals surface area contributed by atoms with Gasteiger partial charge in [0.05, 0.1) is 6.20 Å². The van der Waals surface area contributed by atoms with Gasteiger partial charge in [0.25, 0.3) is 0 Å². The molecule has 0 atom stereocenters. The third-order valence-corrected chi connectivity index (χ3v) is 2.57. The minimum absolute atomic E-state index is 0.934. The highest BCUT2D eigenvalue weighted by Crippen LogP contribution is 2.18. The molecule has 2 aromatic rings. The molecule has 3 heteroatoms. The highest BCUT2D eigenvalue weighted by molar-refractivity contribution is 5.61. The Kier molecular flexibility index (Phi) is 3.37. The van der Waals surface area contributed by atoms with E-state index >= 15 is 0 Å². The van der Waals surface area contributed by atoms with Crippen LogP contribution in [-0.4, -0.2) is 16.3 Å². The molecule has 0 spiro atoms. The van der Waals surface area contributed by atoms with Crippen molar-refractivity contribution in [2.75, 3.05) is 6.54 Å². The van der Waals surface area contributed by atoms with Gasteiger partial charge in [-0.25, -0.2) is 0 Å². The zero-order valence-corrected chi connectivity index (χ0v) is 9.77. The number of hydrogen-bond donors (Lipinski definition) is 1. The van der Waals surface area contributed by atoms with Gasteiger partial charge in [-0.3, -0.25) is 4.68 Å². The van der Waals surface area contributed by atoms with Crippen LogP contribution < -0.4 is 5.32 Å². The molecule has 0 saturated heterocycles. The van der Waals surface area contributed by atoms with Crippen LogP contribution in [0.15, 0.2) is 36.7 Å². The van der Waals surface area contributed by atoms with Crippen LogP contribution in [0.1, 0.15) is 12.5 Å². The Balaban J connectivity index is 2.13. The van der Waals surface area contributed by atoms with Gasteiger partial charge in [-0.1, -0.05) is 31.2 Å². The summed E-state index contributed by atoms with van der Waals surface area (Å²) >= 11 is 0. The Hall–Kier alpha value is -1.61. The molecule has 2 rings (SSSR count). The lowest BCUT2D eigenvalue weighted by Gasteiger charge is -2.03. The summed E-state index contributed by atoms with van der Waals surface area (Å²) in [5.74, 6) is 0. The largest absolute Gasteiger partial charge is 0.313 e. The summed E-state index contributed by atoms with van der Waals surface area (Å²) < 4.78 is 1.82. The number of aryl methyl sites for hydroxylation is 1. The highest BCUT2D eigenvalue weighted by Gasteiger charge is 1.99. The van der Waals surface area contributed by atoms with Gasteiger partial charge in [0.2, 0.25) is 0 Å². The fraction of sp³-hybridized carbons (Fsp3) is 0.308. The van der Waals surface area contributed by atoms with Crippen LogP contribution in [0.25, 0.3) is 11.1 Å². The van der Waals surface area contributed by atoms with Crippen LogP contribution in [0.5, 0.6) is 0 Å². The third kappa shape index (κ3) is 2.49. The number of hydrogen-bond acceptors (Lipinski definition) is 2. The van der Waals surface area contributed by atoms with Crippen LogP contribution >= 0.6 is 0 Å². The van der Waals surface area contributed by atoms with Crippen LogP contribution in [0.3, 0.4) is 0 Å². The maximum atomic E-state index is 4.17. The molecule has 3 nitrogen and oxygen atoms in total. The molecule has 0 bridgehead atoms. The van der Waals surface area contributed by atoms with Crippen molar-refractivity contribution in [3.8, 4) is 11.1 Å². The summed E-state index contributed by atoms with van der Waals surface area (Å²) in [6.07, 6.45) is 3.92. The van der Waals surface area contributed by atoms with Crippen LogP contribution in [0.2, 0.25) is 0 Å². The molecule has 1 N–H and O–H groups in total. The predicted molar refractivity (Wildman–Crippen MR) is 66.0 cm³/mol. The second-order valence-electron chi connectivity index (χ2n) is 3.88. The summed E-state index contributed by atoms with van der Waals surface area (Å²) in [5.41, 5.74) is 3.69. The number of nitrogens with zero attached hydrogens (tertiary/aromatic N) is 2. The molecular weight excluding hydrogens is 198 g/mol. The lowest BCUT2D eigenvalue weighted by molar-refractivity contribution is 0.727. The Morgan fingerprint density at radius 3 is 2.50 bits per heavy atom. The van der Waals surface area contributed by atoms with Gasteiger partial charge in [-0.2, -0.15) is 5.10 Å². The van der Waals surface area contributed by atoms with E-state index in [0.29, 0.717) is 0 Å². The summed E-state index contributed by atoms with van der Waals surface area (Å²) in [6.45, 7) is 4.05. The zero-order chi connectivity index (χ0) is 11.4. The first-order valence-corrected chi connectivity index (χ1v) is 5.58. The van der Waals surface area contributed by atoms with Crippen molar-refractivity contribution in [1.29, 1.82) is 0 Å². The van der Waals surface area contributed by atoms with Gasteiger partial charge in [0.15, 0.2) is 0 Å². The van der Waals surface area contributed by atoms with E-state index in [9.17, 15) is 0 Å². The third-order valence-electron chi connectivity index (χ3n) is 2.57. The molecule has 1 aromatic carbocycles. The van der Waals surface area contributed by atoms with Gasteiger partial charge in [0.1, 0.15) is 0 Å². The molecule has 0 fully saturated rings. The number of benzene rings is 1. The summed E-state index contributed by atoms with van der Waals surface area (Å²) in [4.78, 5) is 0. The second-order valence-corrected chi connectivity index (χ2v) is 3.88. The molecule has 0 aliphatic carbocycles. The first-order valence-electron chi connectivity index (χ1n) is 5.58. The average molecular weight is 215 g/mol. The van der Waals surface area contributed by atoms with E-state index in [-0.39, 0.29) is 0 Å². The Morgan fingerprint density at radius 2 is 1.94 bits per heavy atom. The van der Waals surface area contributed by atoms with Crippen LogP contribution in [0, 0.1) is 0 Å². The van der Waals surface area contributed by atoms with Crippen molar-refractivity contribution in [1.82, 2.24) is 15.1 Å². The summed E-state index contributed by atoms with van der Waals surface area (Å²) in [6, 6.07) is 8.60. The van der Waals surface area contributed by atoms with Gasteiger partial charge < -0.3 is 5.32 Å². The number of nitrogens with one attached hydrogen (secondary N) is 1. The molecule has 0 radical (unpaired) electrons. The summed E-state index contributed by atoms with van der Waals surface area (Å²) in [5, 5.41) is 7.48. The van der Waals surface area contributed by atoms with Gasteiger partial charge >= 0.3 is 0 Å².